The molecule has 1 aromatic carbocycles. The maximum atomic E-state index is 13.5. The van der Waals surface area contributed by atoms with E-state index in [0.29, 0.717) is 6.42 Å². The van der Waals surface area contributed by atoms with Crippen molar-refractivity contribution >= 4 is 17.1 Å². The summed E-state index contributed by atoms with van der Waals surface area (Å²) in [5.74, 6) is -1.48. The molecule has 0 unspecified atom stereocenters. The van der Waals surface area contributed by atoms with E-state index in [-0.39, 0.29) is 22.0 Å². The number of thiazole rings is 1. The highest BCUT2D eigenvalue weighted by molar-refractivity contribution is 7.13. The van der Waals surface area contributed by atoms with E-state index in [2.05, 4.69) is 4.98 Å². The van der Waals surface area contributed by atoms with Crippen molar-refractivity contribution in [1.82, 2.24) is 4.98 Å². The maximum absolute atomic E-state index is 13.5. The van der Waals surface area contributed by atoms with Gasteiger partial charge in [-0.1, -0.05) is 13.0 Å². The Labute approximate surface area is 101 Å². The molecule has 2 nitrogen and oxygen atoms in total. The summed E-state index contributed by atoms with van der Waals surface area (Å²) in [5.41, 5.74) is 0.0859. The molecule has 1 aromatic heterocycles. The first-order valence-corrected chi connectivity index (χ1v) is 5.94. The highest BCUT2D eigenvalue weighted by Gasteiger charge is 2.16. The SMILES string of the molecule is CCC(=O)c1csc(-c2c(F)cccc2F)n1. The van der Waals surface area contributed by atoms with Crippen LogP contribution in [0.5, 0.6) is 0 Å². The van der Waals surface area contributed by atoms with Gasteiger partial charge in [-0.25, -0.2) is 13.8 Å². The van der Waals surface area contributed by atoms with Gasteiger partial charge in [-0.15, -0.1) is 11.3 Å². The first kappa shape index (κ1) is 11.9. The average Bonchev–Trinajstić information content (AvgIpc) is 2.77. The second-order valence-corrected chi connectivity index (χ2v) is 4.27. The quantitative estimate of drug-likeness (QED) is 0.781. The lowest BCUT2D eigenvalue weighted by Gasteiger charge is -1.99. The minimum Gasteiger partial charge on any atom is -0.292 e. The number of benzene rings is 1. The molecule has 0 bridgehead atoms. The third-order valence-corrected chi connectivity index (χ3v) is 3.15. The number of hydrogen-bond acceptors (Lipinski definition) is 3. The molecule has 0 amide bonds. The van der Waals surface area contributed by atoms with Crippen LogP contribution >= 0.6 is 11.3 Å². The largest absolute Gasteiger partial charge is 0.292 e. The van der Waals surface area contributed by atoms with E-state index >= 15 is 0 Å². The number of nitrogens with zero attached hydrogens (tertiary/aromatic N) is 1. The summed E-state index contributed by atoms with van der Waals surface area (Å²) < 4.78 is 26.9. The number of ketones is 1. The van der Waals surface area contributed by atoms with Gasteiger partial charge in [0.1, 0.15) is 22.3 Å². The Bertz CT molecular complexity index is 545. The molecule has 2 aromatic rings. The van der Waals surface area contributed by atoms with Crippen LogP contribution in [0.1, 0.15) is 23.8 Å². The Hall–Kier alpha value is -1.62. The Kier molecular flexibility index (Phi) is 3.28. The summed E-state index contributed by atoms with van der Waals surface area (Å²) in [6.45, 7) is 1.71. The Morgan fingerprint density at radius 1 is 1.35 bits per heavy atom. The number of carbonyl (C=O) groups is 1. The molecule has 88 valence electrons. The molecular formula is C12H9F2NOS. The number of Topliss-reactive ketones (excluding diaryl/α,β-unsaturated/α-hetero) is 1. The zero-order chi connectivity index (χ0) is 12.4. The first-order chi connectivity index (χ1) is 8.13. The molecule has 0 aliphatic heterocycles. The van der Waals surface area contributed by atoms with Gasteiger partial charge >= 0.3 is 0 Å². The number of halogens is 2. The molecule has 0 saturated heterocycles. The molecule has 0 radical (unpaired) electrons. The molecule has 0 aliphatic rings. The first-order valence-electron chi connectivity index (χ1n) is 5.06. The minimum atomic E-state index is -0.671. The van der Waals surface area contributed by atoms with Crippen LogP contribution in [0.2, 0.25) is 0 Å². The fourth-order valence-corrected chi connectivity index (χ4v) is 2.27. The Balaban J connectivity index is 2.47. The van der Waals surface area contributed by atoms with Crippen molar-refractivity contribution < 1.29 is 13.6 Å². The van der Waals surface area contributed by atoms with Gasteiger partial charge < -0.3 is 0 Å². The fourth-order valence-electron chi connectivity index (χ4n) is 1.40. The Morgan fingerprint density at radius 2 is 2.00 bits per heavy atom. The number of carbonyl (C=O) groups excluding carboxylic acids is 1. The van der Waals surface area contributed by atoms with Gasteiger partial charge in [0.15, 0.2) is 5.78 Å². The number of hydrogen-bond donors (Lipinski definition) is 0. The van der Waals surface area contributed by atoms with Crippen LogP contribution in [0, 0.1) is 11.6 Å². The van der Waals surface area contributed by atoms with Crippen molar-refractivity contribution in [3.63, 3.8) is 0 Å². The molecule has 17 heavy (non-hydrogen) atoms. The summed E-state index contributed by atoms with van der Waals surface area (Å²) in [6.07, 6.45) is 0.322. The summed E-state index contributed by atoms with van der Waals surface area (Å²) in [4.78, 5) is 15.3. The van der Waals surface area contributed by atoms with Crippen molar-refractivity contribution in [2.24, 2.45) is 0 Å². The lowest BCUT2D eigenvalue weighted by atomic mass is 10.2. The number of rotatable bonds is 3. The van der Waals surface area contributed by atoms with E-state index in [0.717, 1.165) is 11.3 Å². The molecule has 1 heterocycles. The lowest BCUT2D eigenvalue weighted by molar-refractivity contribution is 0.0984. The van der Waals surface area contributed by atoms with Crippen molar-refractivity contribution in [1.29, 1.82) is 0 Å². The summed E-state index contributed by atoms with van der Waals surface area (Å²) in [6, 6.07) is 3.63. The summed E-state index contributed by atoms with van der Waals surface area (Å²) in [5, 5.41) is 1.71. The second kappa shape index (κ2) is 4.71. The summed E-state index contributed by atoms with van der Waals surface area (Å²) in [7, 11) is 0. The van der Waals surface area contributed by atoms with E-state index < -0.39 is 11.6 Å². The third kappa shape index (κ3) is 2.24. The Morgan fingerprint density at radius 3 is 2.59 bits per heavy atom. The van der Waals surface area contributed by atoms with E-state index in [4.69, 9.17) is 0 Å². The van der Waals surface area contributed by atoms with Gasteiger partial charge in [-0.2, -0.15) is 0 Å². The highest BCUT2D eigenvalue weighted by Crippen LogP contribution is 2.29. The van der Waals surface area contributed by atoms with Gasteiger partial charge in [-0.05, 0) is 12.1 Å². The topological polar surface area (TPSA) is 30.0 Å². The van der Waals surface area contributed by atoms with Crippen LogP contribution in [0.15, 0.2) is 23.6 Å². The number of aromatic nitrogens is 1. The van der Waals surface area contributed by atoms with E-state index in [1.807, 2.05) is 0 Å². The van der Waals surface area contributed by atoms with Gasteiger partial charge in [0.05, 0.1) is 5.56 Å². The molecular weight excluding hydrogens is 244 g/mol. The maximum Gasteiger partial charge on any atom is 0.181 e. The van der Waals surface area contributed by atoms with Gasteiger partial charge in [-0.3, -0.25) is 4.79 Å². The van der Waals surface area contributed by atoms with Gasteiger partial charge in [0.2, 0.25) is 0 Å². The van der Waals surface area contributed by atoms with Crippen molar-refractivity contribution in [3.8, 4) is 10.6 Å². The van der Waals surface area contributed by atoms with Crippen LogP contribution in [0.3, 0.4) is 0 Å². The van der Waals surface area contributed by atoms with Crippen LogP contribution < -0.4 is 0 Å². The standard InChI is InChI=1S/C12H9F2NOS/c1-2-10(16)9-6-17-12(15-9)11-7(13)4-3-5-8(11)14/h3-6H,2H2,1H3. The average molecular weight is 253 g/mol. The van der Waals surface area contributed by atoms with Crippen molar-refractivity contribution in [2.75, 3.05) is 0 Å². The molecule has 5 heteroatoms. The van der Waals surface area contributed by atoms with E-state index in [1.165, 1.54) is 23.6 Å². The van der Waals surface area contributed by atoms with Crippen LogP contribution in [0.25, 0.3) is 10.6 Å². The smallest absolute Gasteiger partial charge is 0.181 e. The van der Waals surface area contributed by atoms with Crippen LogP contribution in [-0.2, 0) is 0 Å². The molecule has 0 N–H and O–H groups in total. The molecule has 0 fully saturated rings. The van der Waals surface area contributed by atoms with Crippen LogP contribution in [-0.4, -0.2) is 10.8 Å². The highest BCUT2D eigenvalue weighted by atomic mass is 32.1. The predicted molar refractivity (Wildman–Crippen MR) is 62.1 cm³/mol. The van der Waals surface area contributed by atoms with E-state index in [1.54, 1.807) is 6.92 Å². The molecule has 2 rings (SSSR count). The molecule has 0 atom stereocenters. The lowest BCUT2D eigenvalue weighted by Crippen LogP contribution is -1.97. The molecule has 0 saturated carbocycles. The fraction of sp³-hybridized carbons (Fsp3) is 0.167. The van der Waals surface area contributed by atoms with Crippen molar-refractivity contribution in [2.45, 2.75) is 13.3 Å². The minimum absolute atomic E-state index is 0.135. The molecule has 0 aliphatic carbocycles. The molecule has 0 spiro atoms. The normalized spacial score (nSPS) is 10.5. The second-order valence-electron chi connectivity index (χ2n) is 3.41. The van der Waals surface area contributed by atoms with Crippen molar-refractivity contribution in [3.05, 3.63) is 40.9 Å². The zero-order valence-electron chi connectivity index (χ0n) is 9.04. The van der Waals surface area contributed by atoms with Gasteiger partial charge in [0.25, 0.3) is 0 Å². The third-order valence-electron chi connectivity index (χ3n) is 2.29. The monoisotopic (exact) mass is 253 g/mol. The predicted octanol–water partition coefficient (Wildman–Crippen LogP) is 3.68. The van der Waals surface area contributed by atoms with Crippen LogP contribution in [0.4, 0.5) is 8.78 Å². The van der Waals surface area contributed by atoms with Gasteiger partial charge in [0, 0.05) is 11.8 Å². The summed E-state index contributed by atoms with van der Waals surface area (Å²) >= 11 is 1.06. The van der Waals surface area contributed by atoms with E-state index in [9.17, 15) is 13.6 Å². The zero-order valence-corrected chi connectivity index (χ0v) is 9.85.